The Morgan fingerprint density at radius 1 is 0.750 bits per heavy atom. The van der Waals surface area contributed by atoms with Gasteiger partial charge in [-0.05, 0) is 71.5 Å². The van der Waals surface area contributed by atoms with Gasteiger partial charge in [-0.3, -0.25) is 0 Å². The minimum Gasteiger partial charge on any atom is -1.00 e. The van der Waals surface area contributed by atoms with E-state index in [4.69, 9.17) is 4.74 Å². The van der Waals surface area contributed by atoms with Crippen LogP contribution < -0.4 is 18.9 Å². The quantitative estimate of drug-likeness (QED) is 0.199. The van der Waals surface area contributed by atoms with Crippen molar-refractivity contribution in [3.63, 3.8) is 0 Å². The number of imidazole rings is 2. The zero-order valence-corrected chi connectivity index (χ0v) is 26.7. The van der Waals surface area contributed by atoms with E-state index in [9.17, 15) is 18.7 Å². The van der Waals surface area contributed by atoms with Crippen LogP contribution in [-0.2, 0) is 11.3 Å². The van der Waals surface area contributed by atoms with Crippen molar-refractivity contribution >= 4 is 23.3 Å². The van der Waals surface area contributed by atoms with Crippen LogP contribution in [0.3, 0.4) is 0 Å². The van der Waals surface area contributed by atoms with E-state index in [0.29, 0.717) is 5.69 Å². The van der Waals surface area contributed by atoms with E-state index in [1.54, 1.807) is 47.7 Å². The number of rotatable bonds is 8. The number of ether oxygens (including phenoxy) is 1. The molecule has 2 aromatic heterocycles. The second-order valence-electron chi connectivity index (χ2n) is 10.7. The Morgan fingerprint density at radius 2 is 1.19 bits per heavy atom. The number of aromatic nitrogens is 4. The Morgan fingerprint density at radius 3 is 1.67 bits per heavy atom. The van der Waals surface area contributed by atoms with Gasteiger partial charge < -0.3 is 20.4 Å². The fraction of sp³-hybridized carbons (Fsp3) is 0.162. The first-order valence-corrected chi connectivity index (χ1v) is 14.7. The number of carbonyl (C=O) groups is 1. The van der Waals surface area contributed by atoms with Crippen molar-refractivity contribution in [2.24, 2.45) is 0 Å². The molecule has 48 heavy (non-hydrogen) atoms. The number of hydrogen-bond donors (Lipinski definition) is 1. The number of carbonyl (C=O) groups excluding carboxylic acids is 1. The van der Waals surface area contributed by atoms with Crippen LogP contribution in [0.1, 0.15) is 54.7 Å². The third-order valence-corrected chi connectivity index (χ3v) is 7.94. The summed E-state index contributed by atoms with van der Waals surface area (Å²) in [5.41, 5.74) is 7.17. The van der Waals surface area contributed by atoms with Gasteiger partial charge in [0, 0.05) is 0 Å². The number of aliphatic hydroxyl groups is 1. The van der Waals surface area contributed by atoms with Crippen molar-refractivity contribution in [1.29, 1.82) is 0 Å². The molecule has 11 heteroatoms. The Kier molecular flexibility index (Phi) is 14.1. The van der Waals surface area contributed by atoms with Gasteiger partial charge in [0.05, 0.1) is 56.5 Å². The number of methoxy groups -OCH3 is 1. The zero-order chi connectivity index (χ0) is 32.6. The molecule has 242 valence electrons. The molecule has 6 aromatic rings. The third-order valence-electron chi connectivity index (χ3n) is 7.94. The summed E-state index contributed by atoms with van der Waals surface area (Å²) in [4.78, 5) is 20.1. The fourth-order valence-corrected chi connectivity index (χ4v) is 5.49. The number of esters is 1. The predicted octanol–water partition coefficient (Wildman–Crippen LogP) is 3.81. The van der Waals surface area contributed by atoms with Gasteiger partial charge in [-0.25, -0.2) is 23.5 Å². The minimum atomic E-state index is -0.432. The number of halogens is 2. The number of benzene rings is 4. The maximum absolute atomic E-state index is 13.2. The molecule has 2 heterocycles. The van der Waals surface area contributed by atoms with Crippen LogP contribution in [0.2, 0.25) is 0 Å². The van der Waals surface area contributed by atoms with Crippen LogP contribution >= 0.6 is 0 Å². The van der Waals surface area contributed by atoms with Gasteiger partial charge in [0.15, 0.2) is 17.4 Å². The molecule has 7 nitrogen and oxygen atoms in total. The van der Waals surface area contributed by atoms with Gasteiger partial charge in [-0.2, -0.15) is 0 Å². The topological polar surface area (TPSA) is 82.2 Å². The molecule has 2 atom stereocenters. The maximum Gasteiger partial charge on any atom is 1.00 e. The molecular formula is C37H38AlF2LiN4O3. The second-order valence-corrected chi connectivity index (χ2v) is 10.7. The van der Waals surface area contributed by atoms with E-state index in [1.807, 2.05) is 60.0 Å². The summed E-state index contributed by atoms with van der Waals surface area (Å²) in [6.45, 7) is 3.99. The first kappa shape index (κ1) is 38.2. The molecule has 0 saturated carbocycles. The van der Waals surface area contributed by atoms with Crippen LogP contribution in [-0.4, -0.2) is 54.6 Å². The maximum atomic E-state index is 13.2. The van der Waals surface area contributed by atoms with Crippen LogP contribution in [0.4, 0.5) is 8.78 Å². The normalized spacial score (nSPS) is 11.6. The van der Waals surface area contributed by atoms with Gasteiger partial charge in [0.25, 0.3) is 0 Å². The van der Waals surface area contributed by atoms with Gasteiger partial charge in [0.1, 0.15) is 17.3 Å². The van der Waals surface area contributed by atoms with E-state index in [2.05, 4.69) is 16.9 Å². The smallest absolute Gasteiger partial charge is 1.00 e. The van der Waals surface area contributed by atoms with Crippen LogP contribution in [0, 0.1) is 11.6 Å². The van der Waals surface area contributed by atoms with Gasteiger partial charge in [-0.1, -0.05) is 72.8 Å². The Hall–Kier alpha value is -4.28. The van der Waals surface area contributed by atoms with Crippen molar-refractivity contribution in [3.8, 4) is 22.3 Å². The van der Waals surface area contributed by atoms with E-state index in [-0.39, 0.29) is 68.0 Å². The van der Waals surface area contributed by atoms with Gasteiger partial charge >= 0.3 is 24.8 Å². The molecule has 6 rings (SSSR count). The van der Waals surface area contributed by atoms with E-state index >= 15 is 0 Å². The van der Waals surface area contributed by atoms with Crippen molar-refractivity contribution in [2.45, 2.75) is 32.5 Å². The molecule has 0 bridgehead atoms. The van der Waals surface area contributed by atoms with Crippen molar-refractivity contribution in [2.75, 3.05) is 7.11 Å². The summed E-state index contributed by atoms with van der Waals surface area (Å²) in [6.07, 6.45) is 6.48. The minimum absolute atomic E-state index is 0. The Balaban J connectivity index is 0.000000321. The first-order chi connectivity index (χ1) is 22.3. The third kappa shape index (κ3) is 8.59. The Labute approximate surface area is 303 Å². The monoisotopic (exact) mass is 658 g/mol. The molecule has 0 spiro atoms. The average Bonchev–Trinajstić information content (AvgIpc) is 3.79. The molecule has 2 unspecified atom stereocenters. The van der Waals surface area contributed by atoms with Gasteiger partial charge in [-0.15, -0.1) is 0 Å². The van der Waals surface area contributed by atoms with E-state index < -0.39 is 5.97 Å². The summed E-state index contributed by atoms with van der Waals surface area (Å²) >= 11 is 0. The Bertz CT molecular complexity index is 1920. The largest absolute Gasteiger partial charge is 1.00 e. The molecule has 0 fully saturated rings. The van der Waals surface area contributed by atoms with Crippen molar-refractivity contribution in [1.82, 2.24) is 19.1 Å². The molecule has 0 saturated heterocycles. The summed E-state index contributed by atoms with van der Waals surface area (Å²) < 4.78 is 34.9. The molecule has 0 aliphatic carbocycles. The number of nitrogens with zero attached hydrogens (tertiary/aromatic N) is 4. The zero-order valence-electron chi connectivity index (χ0n) is 27.7. The molecule has 1 N–H and O–H groups in total. The molecule has 0 aliphatic heterocycles. The van der Waals surface area contributed by atoms with E-state index in [0.717, 1.165) is 39.1 Å². The summed E-state index contributed by atoms with van der Waals surface area (Å²) in [6, 6.07) is 28.6. The molecule has 4 aromatic carbocycles. The van der Waals surface area contributed by atoms with E-state index in [1.165, 1.54) is 37.6 Å². The average molecular weight is 659 g/mol. The van der Waals surface area contributed by atoms with Gasteiger partial charge in [0.2, 0.25) is 0 Å². The van der Waals surface area contributed by atoms with Crippen molar-refractivity contribution in [3.05, 3.63) is 156 Å². The predicted molar refractivity (Wildman–Crippen MR) is 184 cm³/mol. The van der Waals surface area contributed by atoms with Crippen LogP contribution in [0.5, 0.6) is 0 Å². The molecule has 0 aliphatic rings. The van der Waals surface area contributed by atoms with Crippen LogP contribution in [0.15, 0.2) is 122 Å². The fourth-order valence-electron chi connectivity index (χ4n) is 5.49. The number of hydrogen-bond acceptors (Lipinski definition) is 5. The SMILES string of the molecule is CC(c1ccccc1-c1ccc(F)cc1)n1cncc1CO.COC(=O)c1cncn1C(C)c1ccccc1-c1ccc(F)cc1.[AlH3].[H-].[Li+]. The standard InChI is InChI=1S/C19H17FN2O2.C18H17FN2O.Al.Li.4H/c1-13(22-12-21-11-18(22)19(23)24-2)16-5-3-4-6-17(16)14-7-9-15(20)10-8-14;1-13(21-12-20-10-16(21)11-22)17-4-2-3-5-18(17)14-6-8-15(19)9-7-14;;;;;;/h3-13H,1-2H3;2-10,12-13,22H,11H2,1H3;;;;;;/q;;;+1;;;;-1. The summed E-state index contributed by atoms with van der Waals surface area (Å²) in [5.74, 6) is -0.947. The molecular weight excluding hydrogens is 620 g/mol. The second kappa shape index (κ2) is 17.8. The number of aliphatic hydroxyl groups excluding tert-OH is 1. The molecule has 0 radical (unpaired) electrons. The van der Waals surface area contributed by atoms with Crippen LogP contribution in [0.25, 0.3) is 22.3 Å². The molecule has 0 amide bonds. The summed E-state index contributed by atoms with van der Waals surface area (Å²) in [5, 5.41) is 9.42. The van der Waals surface area contributed by atoms with Crippen molar-refractivity contribution < 1.29 is 43.7 Å². The first-order valence-electron chi connectivity index (χ1n) is 14.7. The summed E-state index contributed by atoms with van der Waals surface area (Å²) in [7, 11) is 1.34.